The molecule has 0 aliphatic carbocycles. The van der Waals surface area contributed by atoms with Gasteiger partial charge in [-0.25, -0.2) is 0 Å². The monoisotopic (exact) mass is 198 g/mol. The molecule has 5 heteroatoms. The van der Waals surface area contributed by atoms with E-state index in [1.165, 1.54) is 0 Å². The summed E-state index contributed by atoms with van der Waals surface area (Å²) in [5, 5.41) is 8.06. The molecule has 0 bridgehead atoms. The smallest absolute Gasteiger partial charge is 0.265 e. The van der Waals surface area contributed by atoms with E-state index in [4.69, 9.17) is 9.66 Å². The summed E-state index contributed by atoms with van der Waals surface area (Å²) in [5.41, 5.74) is 0. The molecule has 0 amide bonds. The molecule has 0 heterocycles. The van der Waals surface area contributed by atoms with Crippen LogP contribution in [0.3, 0.4) is 0 Å². The Labute approximate surface area is 74.4 Å². The quantitative estimate of drug-likeness (QED) is 0.647. The lowest BCUT2D eigenvalue weighted by Crippen LogP contribution is -2.09. The molecule has 0 aromatic rings. The summed E-state index contributed by atoms with van der Waals surface area (Å²) in [6.45, 7) is 6.90. The van der Waals surface area contributed by atoms with Gasteiger partial charge in [0.2, 0.25) is 0 Å². The molecule has 0 saturated carbocycles. The summed E-state index contributed by atoms with van der Waals surface area (Å²) < 4.78 is 28.2. The highest BCUT2D eigenvalue weighted by Gasteiger charge is 2.05. The largest absolute Gasteiger partial charge is 0.394 e. The van der Waals surface area contributed by atoms with Gasteiger partial charge in [0.25, 0.3) is 10.1 Å². The van der Waals surface area contributed by atoms with Crippen molar-refractivity contribution in [1.29, 1.82) is 0 Å². The van der Waals surface area contributed by atoms with Crippen LogP contribution in [0, 0.1) is 5.92 Å². The van der Waals surface area contributed by atoms with E-state index < -0.39 is 10.1 Å². The Hall–Kier alpha value is -0.130. The molecular formula is C7H18O4S. The van der Waals surface area contributed by atoms with Gasteiger partial charge < -0.3 is 5.11 Å². The number of hydrogen-bond acceptors (Lipinski definition) is 3. The van der Waals surface area contributed by atoms with E-state index in [9.17, 15) is 8.42 Å². The van der Waals surface area contributed by atoms with Crippen LogP contribution in [0.25, 0.3) is 0 Å². The van der Waals surface area contributed by atoms with Crippen LogP contribution in [0.1, 0.15) is 27.7 Å². The number of hydrogen-bond donors (Lipinski definition) is 2. The standard InChI is InChI=1S/C4H10O3S.C3H8O/c1-4(2)3-8(5,6)7;1-3(2)4/h4H,3H2,1-2H3,(H,5,6,7);3-4H,1-2H3. The van der Waals surface area contributed by atoms with Crippen molar-refractivity contribution in [1.82, 2.24) is 0 Å². The number of rotatable bonds is 2. The van der Waals surface area contributed by atoms with Gasteiger partial charge in [-0.15, -0.1) is 0 Å². The molecule has 76 valence electrons. The van der Waals surface area contributed by atoms with Gasteiger partial charge in [-0.3, -0.25) is 4.55 Å². The molecule has 0 radical (unpaired) electrons. The van der Waals surface area contributed by atoms with Crippen LogP contribution in [0.4, 0.5) is 0 Å². The molecule has 0 spiro atoms. The van der Waals surface area contributed by atoms with Crippen LogP contribution in [-0.4, -0.2) is 29.9 Å². The summed E-state index contributed by atoms with van der Waals surface area (Å²) >= 11 is 0. The summed E-state index contributed by atoms with van der Waals surface area (Å²) in [7, 11) is -3.72. The third-order valence-electron chi connectivity index (χ3n) is 0.544. The summed E-state index contributed by atoms with van der Waals surface area (Å²) in [5.74, 6) is -0.141. The summed E-state index contributed by atoms with van der Waals surface area (Å²) in [6, 6.07) is 0. The zero-order valence-corrected chi connectivity index (χ0v) is 8.80. The molecule has 0 unspecified atom stereocenters. The van der Waals surface area contributed by atoms with Gasteiger partial charge in [0.15, 0.2) is 0 Å². The predicted octanol–water partition coefficient (Wildman–Crippen LogP) is 0.917. The topological polar surface area (TPSA) is 74.6 Å². The minimum Gasteiger partial charge on any atom is -0.394 e. The van der Waals surface area contributed by atoms with E-state index in [2.05, 4.69) is 0 Å². The Morgan fingerprint density at radius 1 is 1.17 bits per heavy atom. The minimum atomic E-state index is -3.72. The van der Waals surface area contributed by atoms with Crippen molar-refractivity contribution < 1.29 is 18.1 Å². The van der Waals surface area contributed by atoms with Crippen LogP contribution in [-0.2, 0) is 10.1 Å². The van der Waals surface area contributed by atoms with Crippen molar-refractivity contribution in [2.75, 3.05) is 5.75 Å². The minimum absolute atomic E-state index is 0.00463. The first-order valence-electron chi connectivity index (χ1n) is 3.78. The molecule has 0 rings (SSSR count). The predicted molar refractivity (Wildman–Crippen MR) is 48.6 cm³/mol. The Morgan fingerprint density at radius 2 is 1.42 bits per heavy atom. The van der Waals surface area contributed by atoms with E-state index in [0.29, 0.717) is 0 Å². The molecule has 0 aromatic heterocycles. The molecule has 0 atom stereocenters. The average Bonchev–Trinajstić information content (AvgIpc) is 1.52. The van der Waals surface area contributed by atoms with Gasteiger partial charge in [-0.05, 0) is 19.8 Å². The van der Waals surface area contributed by atoms with E-state index >= 15 is 0 Å². The van der Waals surface area contributed by atoms with Crippen molar-refractivity contribution >= 4 is 10.1 Å². The second-order valence-electron chi connectivity index (χ2n) is 3.24. The van der Waals surface area contributed by atoms with E-state index in [1.54, 1.807) is 27.7 Å². The fraction of sp³-hybridized carbons (Fsp3) is 1.00. The first kappa shape index (κ1) is 14.4. The fourth-order valence-corrected chi connectivity index (χ4v) is 1.26. The maximum Gasteiger partial charge on any atom is 0.265 e. The zero-order chi connectivity index (χ0) is 10.4. The van der Waals surface area contributed by atoms with Crippen molar-refractivity contribution in [3.05, 3.63) is 0 Å². The van der Waals surface area contributed by atoms with Crippen molar-refractivity contribution in [2.45, 2.75) is 33.8 Å². The highest BCUT2D eigenvalue weighted by atomic mass is 32.2. The summed E-state index contributed by atoms with van der Waals surface area (Å²) in [6.07, 6.45) is -0.167. The Morgan fingerprint density at radius 3 is 1.42 bits per heavy atom. The molecule has 0 aliphatic heterocycles. The van der Waals surface area contributed by atoms with E-state index in [0.717, 1.165) is 0 Å². The second kappa shape index (κ2) is 6.39. The molecule has 0 aliphatic rings. The molecule has 0 fully saturated rings. The number of aliphatic hydroxyl groups is 1. The first-order chi connectivity index (χ1) is 5.15. The zero-order valence-electron chi connectivity index (χ0n) is 7.98. The molecule has 4 nitrogen and oxygen atoms in total. The second-order valence-corrected chi connectivity index (χ2v) is 4.73. The fourth-order valence-electron chi connectivity index (χ4n) is 0.421. The van der Waals surface area contributed by atoms with Crippen LogP contribution >= 0.6 is 0 Å². The maximum absolute atomic E-state index is 10.00. The highest BCUT2D eigenvalue weighted by Crippen LogP contribution is 1.95. The van der Waals surface area contributed by atoms with Gasteiger partial charge in [0.1, 0.15) is 0 Å². The SMILES string of the molecule is CC(C)CS(=O)(=O)O.CC(C)O. The van der Waals surface area contributed by atoms with Crippen molar-refractivity contribution in [3.63, 3.8) is 0 Å². The molecular weight excluding hydrogens is 180 g/mol. The van der Waals surface area contributed by atoms with Crippen LogP contribution < -0.4 is 0 Å². The Bertz CT molecular complexity index is 179. The van der Waals surface area contributed by atoms with E-state index in [-0.39, 0.29) is 17.8 Å². The molecule has 12 heavy (non-hydrogen) atoms. The normalized spacial score (nSPS) is 11.3. The van der Waals surface area contributed by atoms with Crippen molar-refractivity contribution in [3.8, 4) is 0 Å². The average molecular weight is 198 g/mol. The molecule has 0 saturated heterocycles. The number of aliphatic hydroxyl groups excluding tert-OH is 1. The van der Waals surface area contributed by atoms with Crippen LogP contribution in [0.15, 0.2) is 0 Å². The maximum atomic E-state index is 10.00. The molecule has 2 N–H and O–H groups in total. The van der Waals surface area contributed by atoms with E-state index in [1.807, 2.05) is 0 Å². The third-order valence-corrected chi connectivity index (χ3v) is 1.63. The molecule has 0 aromatic carbocycles. The lowest BCUT2D eigenvalue weighted by Gasteiger charge is -1.97. The van der Waals surface area contributed by atoms with Gasteiger partial charge in [0.05, 0.1) is 5.75 Å². The third kappa shape index (κ3) is 32.7. The Kier molecular flexibility index (Phi) is 7.67. The lowest BCUT2D eigenvalue weighted by molar-refractivity contribution is 0.216. The van der Waals surface area contributed by atoms with Crippen LogP contribution in [0.5, 0.6) is 0 Å². The van der Waals surface area contributed by atoms with Gasteiger partial charge in [-0.2, -0.15) is 8.42 Å². The lowest BCUT2D eigenvalue weighted by atomic mass is 10.3. The van der Waals surface area contributed by atoms with Gasteiger partial charge in [0, 0.05) is 6.10 Å². The van der Waals surface area contributed by atoms with Gasteiger partial charge in [-0.1, -0.05) is 13.8 Å². The summed E-state index contributed by atoms with van der Waals surface area (Å²) in [4.78, 5) is 0. The van der Waals surface area contributed by atoms with Gasteiger partial charge >= 0.3 is 0 Å². The first-order valence-corrected chi connectivity index (χ1v) is 5.39. The highest BCUT2D eigenvalue weighted by molar-refractivity contribution is 7.85. The Balaban J connectivity index is 0. The van der Waals surface area contributed by atoms with Crippen molar-refractivity contribution in [2.24, 2.45) is 5.92 Å². The van der Waals surface area contributed by atoms with Crippen LogP contribution in [0.2, 0.25) is 0 Å².